The summed E-state index contributed by atoms with van der Waals surface area (Å²) < 4.78 is 0. The predicted octanol–water partition coefficient (Wildman–Crippen LogP) is 2.76. The molecule has 0 saturated carbocycles. The number of para-hydroxylation sites is 1. The van der Waals surface area contributed by atoms with Crippen molar-refractivity contribution in [3.8, 4) is 5.75 Å². The molecular weight excluding hydrogens is 363 g/mol. The summed E-state index contributed by atoms with van der Waals surface area (Å²) in [6.45, 7) is 0. The van der Waals surface area contributed by atoms with E-state index in [4.69, 9.17) is 23.2 Å². The van der Waals surface area contributed by atoms with Gasteiger partial charge in [-0.1, -0.05) is 41.4 Å². The van der Waals surface area contributed by atoms with Gasteiger partial charge in [0.1, 0.15) is 11.8 Å². The Bertz CT molecular complexity index is 813. The second-order valence-corrected chi connectivity index (χ2v) is 6.43. The third-order valence-electron chi connectivity index (χ3n) is 3.87. The van der Waals surface area contributed by atoms with Crippen molar-refractivity contribution < 1.29 is 9.90 Å². The van der Waals surface area contributed by atoms with Crippen molar-refractivity contribution in [3.05, 3.63) is 63.6 Å². The molecule has 2 atom stereocenters. The summed E-state index contributed by atoms with van der Waals surface area (Å²) in [5, 5.41) is 14.6. The third kappa shape index (κ3) is 4.29. The molecule has 1 aliphatic rings. The molecule has 4 N–H and O–H groups in total. The number of phenols is 1. The highest BCUT2D eigenvalue weighted by atomic mass is 35.5. The van der Waals surface area contributed by atoms with Crippen molar-refractivity contribution >= 4 is 35.3 Å². The zero-order chi connectivity index (χ0) is 17.8. The molecule has 1 saturated heterocycles. The van der Waals surface area contributed by atoms with Gasteiger partial charge >= 0.3 is 0 Å². The number of carbonyl (C=O) groups excluding carboxylic acids is 1. The SMILES string of the molecule is O=C(N/N=C/c1ccccc1O)C1CC(c2ccc(Cl)cc2Cl)NN1. The average molecular weight is 379 g/mol. The van der Waals surface area contributed by atoms with Crippen LogP contribution in [0.15, 0.2) is 47.6 Å². The van der Waals surface area contributed by atoms with Crippen LogP contribution in [-0.2, 0) is 4.79 Å². The number of rotatable bonds is 4. The van der Waals surface area contributed by atoms with E-state index in [2.05, 4.69) is 21.4 Å². The van der Waals surface area contributed by atoms with Crippen molar-refractivity contribution in [1.29, 1.82) is 0 Å². The van der Waals surface area contributed by atoms with E-state index in [-0.39, 0.29) is 17.7 Å². The van der Waals surface area contributed by atoms with Crippen molar-refractivity contribution in [3.63, 3.8) is 0 Å². The molecule has 0 spiro atoms. The van der Waals surface area contributed by atoms with Crippen molar-refractivity contribution in [2.45, 2.75) is 18.5 Å². The van der Waals surface area contributed by atoms with E-state index < -0.39 is 6.04 Å². The molecule has 1 heterocycles. The number of nitrogens with zero attached hydrogens (tertiary/aromatic N) is 1. The number of carbonyl (C=O) groups is 1. The highest BCUT2D eigenvalue weighted by molar-refractivity contribution is 6.35. The van der Waals surface area contributed by atoms with Gasteiger partial charge in [-0.15, -0.1) is 0 Å². The molecule has 25 heavy (non-hydrogen) atoms. The molecule has 2 aromatic rings. The first kappa shape index (κ1) is 17.7. The fourth-order valence-corrected chi connectivity index (χ4v) is 3.10. The number of hydrogen-bond donors (Lipinski definition) is 4. The fourth-order valence-electron chi connectivity index (χ4n) is 2.56. The topological polar surface area (TPSA) is 85.8 Å². The molecule has 0 aromatic heterocycles. The lowest BCUT2D eigenvalue weighted by Gasteiger charge is -2.11. The number of hydrazine groups is 1. The van der Waals surface area contributed by atoms with Gasteiger partial charge in [0.05, 0.1) is 6.21 Å². The summed E-state index contributed by atoms with van der Waals surface area (Å²) in [4.78, 5) is 12.2. The highest BCUT2D eigenvalue weighted by Gasteiger charge is 2.31. The molecule has 8 heteroatoms. The van der Waals surface area contributed by atoms with Gasteiger partial charge in [0.15, 0.2) is 0 Å². The molecule has 2 unspecified atom stereocenters. The molecule has 2 aromatic carbocycles. The van der Waals surface area contributed by atoms with Gasteiger partial charge in [-0.05, 0) is 36.2 Å². The van der Waals surface area contributed by atoms with Gasteiger partial charge in [0, 0.05) is 21.7 Å². The van der Waals surface area contributed by atoms with E-state index in [1.807, 2.05) is 6.07 Å². The molecular formula is C17H16Cl2N4O2. The summed E-state index contributed by atoms with van der Waals surface area (Å²) >= 11 is 12.1. The fraction of sp³-hybridized carbons (Fsp3) is 0.176. The van der Waals surface area contributed by atoms with Gasteiger partial charge in [-0.25, -0.2) is 16.3 Å². The van der Waals surface area contributed by atoms with Gasteiger partial charge in [-0.2, -0.15) is 5.10 Å². The maximum atomic E-state index is 12.2. The van der Waals surface area contributed by atoms with Crippen molar-refractivity contribution in [2.24, 2.45) is 5.10 Å². The number of amides is 1. The van der Waals surface area contributed by atoms with Gasteiger partial charge in [0.2, 0.25) is 0 Å². The zero-order valence-electron chi connectivity index (χ0n) is 13.0. The Kier molecular flexibility index (Phi) is 5.55. The molecule has 0 radical (unpaired) electrons. The van der Waals surface area contributed by atoms with Gasteiger partial charge in [-0.3, -0.25) is 4.79 Å². The van der Waals surface area contributed by atoms with E-state index in [9.17, 15) is 9.90 Å². The molecule has 6 nitrogen and oxygen atoms in total. The number of benzene rings is 2. The van der Waals surface area contributed by atoms with Crippen LogP contribution >= 0.6 is 23.2 Å². The van der Waals surface area contributed by atoms with Crippen LogP contribution in [0.4, 0.5) is 0 Å². The second-order valence-electron chi connectivity index (χ2n) is 5.59. The number of hydrogen-bond acceptors (Lipinski definition) is 5. The van der Waals surface area contributed by atoms with Crippen molar-refractivity contribution in [1.82, 2.24) is 16.3 Å². The second kappa shape index (κ2) is 7.84. The van der Waals surface area contributed by atoms with E-state index >= 15 is 0 Å². The Hall–Kier alpha value is -2.12. The van der Waals surface area contributed by atoms with Crippen LogP contribution in [0.25, 0.3) is 0 Å². The molecule has 1 fully saturated rings. The summed E-state index contributed by atoms with van der Waals surface area (Å²) in [5.41, 5.74) is 9.83. The molecule has 1 aliphatic heterocycles. The van der Waals surface area contributed by atoms with E-state index in [1.54, 1.807) is 36.4 Å². The Morgan fingerprint density at radius 1 is 1.24 bits per heavy atom. The molecule has 1 amide bonds. The number of nitrogens with one attached hydrogen (secondary N) is 3. The van der Waals surface area contributed by atoms with Crippen LogP contribution in [0, 0.1) is 0 Å². The van der Waals surface area contributed by atoms with E-state index in [1.165, 1.54) is 6.21 Å². The minimum absolute atomic E-state index is 0.0959. The highest BCUT2D eigenvalue weighted by Crippen LogP contribution is 2.30. The first-order chi connectivity index (χ1) is 12.0. The average Bonchev–Trinajstić information content (AvgIpc) is 3.06. The van der Waals surface area contributed by atoms with Gasteiger partial charge < -0.3 is 5.11 Å². The lowest BCUT2D eigenvalue weighted by molar-refractivity contribution is -0.122. The van der Waals surface area contributed by atoms with Crippen LogP contribution in [0.2, 0.25) is 10.0 Å². The number of hydrazone groups is 1. The molecule has 3 rings (SSSR count). The Morgan fingerprint density at radius 2 is 2.04 bits per heavy atom. The lowest BCUT2D eigenvalue weighted by Crippen LogP contribution is -2.41. The van der Waals surface area contributed by atoms with Crippen LogP contribution < -0.4 is 16.3 Å². The molecule has 130 valence electrons. The predicted molar refractivity (Wildman–Crippen MR) is 97.7 cm³/mol. The van der Waals surface area contributed by atoms with Crippen LogP contribution in [0.3, 0.4) is 0 Å². The monoisotopic (exact) mass is 378 g/mol. The minimum Gasteiger partial charge on any atom is -0.507 e. The largest absolute Gasteiger partial charge is 0.507 e. The Morgan fingerprint density at radius 3 is 2.80 bits per heavy atom. The smallest absolute Gasteiger partial charge is 0.258 e. The summed E-state index contributed by atoms with van der Waals surface area (Å²) in [7, 11) is 0. The van der Waals surface area contributed by atoms with Crippen LogP contribution in [0.1, 0.15) is 23.6 Å². The first-order valence-electron chi connectivity index (χ1n) is 7.61. The standard InChI is InChI=1S/C17H16Cl2N4O2/c18-11-5-6-12(13(19)7-11)14-8-15(22-21-14)17(25)23-20-9-10-3-1-2-4-16(10)24/h1-7,9,14-15,21-22,24H,8H2,(H,23,25)/b20-9+. The summed E-state index contributed by atoms with van der Waals surface area (Å²) in [6.07, 6.45) is 1.91. The minimum atomic E-state index is -0.460. The van der Waals surface area contributed by atoms with E-state index in [0.29, 0.717) is 22.0 Å². The third-order valence-corrected chi connectivity index (χ3v) is 4.44. The van der Waals surface area contributed by atoms with E-state index in [0.717, 1.165) is 5.56 Å². The lowest BCUT2D eigenvalue weighted by atomic mass is 10.0. The summed E-state index contributed by atoms with van der Waals surface area (Å²) in [6, 6.07) is 11.4. The van der Waals surface area contributed by atoms with Gasteiger partial charge in [0.25, 0.3) is 5.91 Å². The summed E-state index contributed by atoms with van der Waals surface area (Å²) in [5.74, 6) is -0.189. The zero-order valence-corrected chi connectivity index (χ0v) is 14.6. The van der Waals surface area contributed by atoms with Crippen molar-refractivity contribution in [2.75, 3.05) is 0 Å². The number of aromatic hydroxyl groups is 1. The quantitative estimate of drug-likeness (QED) is 0.486. The molecule has 0 aliphatic carbocycles. The Labute approximate surface area is 154 Å². The van der Waals surface area contributed by atoms with Crippen LogP contribution in [-0.4, -0.2) is 23.3 Å². The maximum absolute atomic E-state index is 12.2. The maximum Gasteiger partial charge on any atom is 0.258 e. The Balaban J connectivity index is 1.58. The number of phenolic OH excluding ortho intramolecular Hbond substituents is 1. The first-order valence-corrected chi connectivity index (χ1v) is 8.37. The normalized spacial score (nSPS) is 20.1. The van der Waals surface area contributed by atoms with Crippen LogP contribution in [0.5, 0.6) is 5.75 Å². The number of halogens is 2. The molecule has 0 bridgehead atoms.